The van der Waals surface area contributed by atoms with Crippen LogP contribution in [0.5, 0.6) is 0 Å². The molecule has 7 heteroatoms. The van der Waals surface area contributed by atoms with Crippen molar-refractivity contribution in [3.8, 4) is 5.69 Å². The van der Waals surface area contributed by atoms with Crippen LogP contribution < -0.4 is 32.8 Å². The smallest absolute Gasteiger partial charge is 0.249 e. The molecule has 0 unspecified atom stereocenters. The van der Waals surface area contributed by atoms with E-state index in [1.165, 1.54) is 107 Å². The summed E-state index contributed by atoms with van der Waals surface area (Å²) in [5.74, 6) is 0. The Bertz CT molecular complexity index is 2820. The van der Waals surface area contributed by atoms with Crippen molar-refractivity contribution < 1.29 is 0 Å². The number of hydrogen-bond acceptors (Lipinski definition) is 4. The van der Waals surface area contributed by atoms with Gasteiger partial charge in [-0.3, -0.25) is 9.97 Å². The molecule has 0 atom stereocenters. The highest BCUT2D eigenvalue weighted by Crippen LogP contribution is 2.47. The average molecular weight is 704 g/mol. The number of hydrogen-bond donors (Lipinski definition) is 0. The summed E-state index contributed by atoms with van der Waals surface area (Å²) in [5, 5.41) is 5.18. The Morgan fingerprint density at radius 3 is 1.48 bits per heavy atom. The van der Waals surface area contributed by atoms with Crippen LogP contribution in [0.3, 0.4) is 0 Å². The van der Waals surface area contributed by atoms with Crippen LogP contribution in [0.1, 0.15) is 58.2 Å². The summed E-state index contributed by atoms with van der Waals surface area (Å²) >= 11 is 3.97. The predicted octanol–water partition coefficient (Wildman–Crippen LogP) is 7.37. The van der Waals surface area contributed by atoms with Gasteiger partial charge in [0.25, 0.3) is 0 Å². The molecule has 12 rings (SSSR count). The Balaban J connectivity index is 1.33. The second-order valence-electron chi connectivity index (χ2n) is 17.5. The van der Waals surface area contributed by atoms with E-state index in [-0.39, 0.29) is 24.3 Å². The van der Waals surface area contributed by atoms with E-state index in [2.05, 4.69) is 126 Å². The molecule has 0 N–H and O–H groups in total. The molecule has 7 heterocycles. The first-order valence-electron chi connectivity index (χ1n) is 18.5. The number of rotatable bonds is 0. The summed E-state index contributed by atoms with van der Waals surface area (Å²) in [6, 6.07) is 28.4. The molecule has 248 valence electrons. The minimum Gasteiger partial charge on any atom is -0.311 e. The first kappa shape index (κ1) is 30.1. The molecule has 0 fully saturated rings. The van der Waals surface area contributed by atoms with E-state index in [1.807, 2.05) is 35.9 Å². The molecule has 5 aromatic carbocycles. The van der Waals surface area contributed by atoms with Gasteiger partial charge in [0, 0.05) is 70.2 Å². The van der Waals surface area contributed by atoms with E-state index in [9.17, 15) is 0 Å². The molecule has 52 heavy (non-hydrogen) atoms. The minimum atomic E-state index is -0.00984. The lowest BCUT2D eigenvalue weighted by Gasteiger charge is -2.42. The molecular formula is C45H35B2N3S2. The number of aromatic nitrogens is 3. The van der Waals surface area contributed by atoms with E-state index in [0.717, 1.165) is 11.0 Å². The topological polar surface area (TPSA) is 30.7 Å². The SMILES string of the molecule is Cc1c2c3c4c5c1Sc1cc6cccnc6cc1B5c1cc(C(C)(C)C)cc5c6cc(C(C)(C)C)cc(c6n-4c15)B3c1cc3ncccc3cc1S2. The van der Waals surface area contributed by atoms with Crippen LogP contribution in [-0.4, -0.2) is 28.0 Å². The predicted molar refractivity (Wildman–Crippen MR) is 224 cm³/mol. The van der Waals surface area contributed by atoms with Crippen molar-refractivity contribution in [3.05, 3.63) is 102 Å². The van der Waals surface area contributed by atoms with E-state index in [4.69, 9.17) is 9.97 Å². The van der Waals surface area contributed by atoms with Crippen LogP contribution in [0.15, 0.2) is 105 Å². The highest BCUT2D eigenvalue weighted by molar-refractivity contribution is 8.01. The van der Waals surface area contributed by atoms with Crippen molar-refractivity contribution in [2.75, 3.05) is 0 Å². The molecule has 4 aliphatic rings. The van der Waals surface area contributed by atoms with Gasteiger partial charge in [-0.25, -0.2) is 0 Å². The highest BCUT2D eigenvalue weighted by atomic mass is 32.2. The summed E-state index contributed by atoms with van der Waals surface area (Å²) in [5.41, 5.74) is 19.1. The second-order valence-corrected chi connectivity index (χ2v) is 19.6. The summed E-state index contributed by atoms with van der Waals surface area (Å²) < 4.78 is 2.73. The van der Waals surface area contributed by atoms with Gasteiger partial charge < -0.3 is 4.57 Å². The van der Waals surface area contributed by atoms with E-state index < -0.39 is 0 Å². The largest absolute Gasteiger partial charge is 0.311 e. The van der Waals surface area contributed by atoms with Gasteiger partial charge in [-0.15, -0.1) is 0 Å². The number of fused-ring (bicyclic) bond motifs is 9. The van der Waals surface area contributed by atoms with Gasteiger partial charge >= 0.3 is 0 Å². The molecule has 4 aliphatic heterocycles. The van der Waals surface area contributed by atoms with Crippen LogP contribution in [0.4, 0.5) is 0 Å². The van der Waals surface area contributed by atoms with Crippen molar-refractivity contribution in [1.29, 1.82) is 0 Å². The Labute approximate surface area is 312 Å². The number of benzene rings is 5. The van der Waals surface area contributed by atoms with Crippen LogP contribution in [-0.2, 0) is 10.8 Å². The molecule has 0 bridgehead atoms. The molecule has 0 radical (unpaired) electrons. The highest BCUT2D eigenvalue weighted by Gasteiger charge is 2.49. The van der Waals surface area contributed by atoms with Gasteiger partial charge in [-0.1, -0.05) is 100 Å². The lowest BCUT2D eigenvalue weighted by molar-refractivity contribution is 0.591. The second kappa shape index (κ2) is 9.55. The molecule has 0 saturated carbocycles. The summed E-state index contributed by atoms with van der Waals surface area (Å²) in [4.78, 5) is 15.4. The fourth-order valence-electron chi connectivity index (χ4n) is 9.81. The van der Waals surface area contributed by atoms with Crippen LogP contribution in [0.2, 0.25) is 0 Å². The summed E-state index contributed by atoms with van der Waals surface area (Å²) in [6.07, 6.45) is 3.87. The van der Waals surface area contributed by atoms with E-state index >= 15 is 0 Å². The fourth-order valence-corrected chi connectivity index (χ4v) is 12.4. The molecule has 0 spiro atoms. The standard InChI is InChI=1S/C45H35B2N3S2/c1-22-42-37-41-38-43(22)52-36-15-24-11-9-13-49-34(24)21-30(36)47(38)32-19-26(45(5,6)7)17-28-27-16-25(44(2,3)4)18-31(39(27)50(41)40(28)32)46(37)29-20-33-23(10-8-12-48-33)14-35(29)51-42/h8-21H,1-7H3. The minimum absolute atomic E-state index is 0.00984. The molecular weight excluding hydrogens is 668 g/mol. The van der Waals surface area contributed by atoms with Gasteiger partial charge in [-0.05, 0) is 105 Å². The van der Waals surface area contributed by atoms with Gasteiger partial charge in [-0.2, -0.15) is 0 Å². The van der Waals surface area contributed by atoms with Crippen LogP contribution in [0.25, 0.3) is 49.3 Å². The molecule has 0 aliphatic carbocycles. The zero-order chi connectivity index (χ0) is 35.2. The molecule has 3 aromatic heterocycles. The lowest BCUT2D eigenvalue weighted by Crippen LogP contribution is -2.66. The quantitative estimate of drug-likeness (QED) is 0.155. The van der Waals surface area contributed by atoms with E-state index in [1.54, 1.807) is 0 Å². The number of pyridine rings is 2. The zero-order valence-electron chi connectivity index (χ0n) is 30.4. The lowest BCUT2D eigenvalue weighted by atomic mass is 9.31. The van der Waals surface area contributed by atoms with Crippen molar-refractivity contribution in [2.24, 2.45) is 0 Å². The molecule has 0 amide bonds. The van der Waals surface area contributed by atoms with Gasteiger partial charge in [0.05, 0.1) is 11.0 Å². The first-order chi connectivity index (χ1) is 25.0. The van der Waals surface area contributed by atoms with Crippen molar-refractivity contribution >= 4 is 113 Å². The zero-order valence-corrected chi connectivity index (χ0v) is 32.0. The van der Waals surface area contributed by atoms with Crippen LogP contribution in [0, 0.1) is 6.92 Å². The third-order valence-corrected chi connectivity index (χ3v) is 15.0. The number of nitrogens with zero attached hydrogens (tertiary/aromatic N) is 3. The average Bonchev–Trinajstić information content (AvgIpc) is 3.46. The van der Waals surface area contributed by atoms with Gasteiger partial charge in [0.2, 0.25) is 13.4 Å². The van der Waals surface area contributed by atoms with Gasteiger partial charge in [0.1, 0.15) is 0 Å². The Morgan fingerprint density at radius 2 is 1.04 bits per heavy atom. The molecule has 3 nitrogen and oxygen atoms in total. The van der Waals surface area contributed by atoms with Crippen molar-refractivity contribution in [3.63, 3.8) is 0 Å². The maximum absolute atomic E-state index is 4.89. The Morgan fingerprint density at radius 1 is 0.577 bits per heavy atom. The van der Waals surface area contributed by atoms with Crippen molar-refractivity contribution in [2.45, 2.75) is 78.9 Å². The summed E-state index contributed by atoms with van der Waals surface area (Å²) in [7, 11) is 0. The molecule has 8 aromatic rings. The monoisotopic (exact) mass is 703 g/mol. The summed E-state index contributed by atoms with van der Waals surface area (Å²) in [6.45, 7) is 16.9. The van der Waals surface area contributed by atoms with E-state index in [0.29, 0.717) is 0 Å². The van der Waals surface area contributed by atoms with Crippen LogP contribution >= 0.6 is 23.5 Å². The Hall–Kier alpha value is -4.45. The maximum atomic E-state index is 4.89. The maximum Gasteiger partial charge on any atom is 0.249 e. The third kappa shape index (κ3) is 3.64. The third-order valence-electron chi connectivity index (χ3n) is 12.4. The van der Waals surface area contributed by atoms with Crippen molar-refractivity contribution in [1.82, 2.24) is 14.5 Å². The first-order valence-corrected chi connectivity index (χ1v) is 20.1. The fraction of sp³-hybridized carbons (Fsp3) is 0.200. The Kier molecular flexibility index (Phi) is 5.52. The molecule has 0 saturated heterocycles. The van der Waals surface area contributed by atoms with Gasteiger partial charge in [0.15, 0.2) is 0 Å². The normalized spacial score (nSPS) is 15.0.